The number of amides is 1. The van der Waals surface area contributed by atoms with Crippen molar-refractivity contribution in [3.63, 3.8) is 0 Å². The first-order valence-corrected chi connectivity index (χ1v) is 6.02. The molecule has 104 valence electrons. The molecule has 0 fully saturated rings. The Labute approximate surface area is 112 Å². The van der Waals surface area contributed by atoms with Crippen LogP contribution in [0.1, 0.15) is 30.6 Å². The van der Waals surface area contributed by atoms with Gasteiger partial charge in [0.1, 0.15) is 6.54 Å². The van der Waals surface area contributed by atoms with Crippen LogP contribution in [-0.2, 0) is 4.79 Å². The number of hydrogen-bond acceptors (Lipinski definition) is 4. The van der Waals surface area contributed by atoms with E-state index >= 15 is 0 Å². The van der Waals surface area contributed by atoms with Crippen molar-refractivity contribution in [2.45, 2.75) is 26.3 Å². The summed E-state index contributed by atoms with van der Waals surface area (Å²) in [5.41, 5.74) is 0.349. The largest absolute Gasteiger partial charge is 0.481 e. The lowest BCUT2D eigenvalue weighted by atomic mass is 10.1. The predicted molar refractivity (Wildman–Crippen MR) is 69.2 cm³/mol. The average Bonchev–Trinajstić information content (AvgIpc) is 2.43. The molecule has 1 N–H and O–H groups in total. The number of carbonyl (C=O) groups excluding carboxylic acids is 1. The van der Waals surface area contributed by atoms with E-state index in [4.69, 9.17) is 9.84 Å². The number of methoxy groups -OCH3 is 1. The van der Waals surface area contributed by atoms with Gasteiger partial charge in [0.25, 0.3) is 5.91 Å². The van der Waals surface area contributed by atoms with Gasteiger partial charge in [-0.2, -0.15) is 0 Å². The Morgan fingerprint density at radius 1 is 1.47 bits per heavy atom. The zero-order valence-electron chi connectivity index (χ0n) is 11.3. The predicted octanol–water partition coefficient (Wildman–Crippen LogP) is 1.42. The van der Waals surface area contributed by atoms with Crippen molar-refractivity contribution >= 4 is 11.9 Å². The third kappa shape index (κ3) is 3.94. The maximum absolute atomic E-state index is 12.3. The number of ether oxygens (including phenoxy) is 1. The highest BCUT2D eigenvalue weighted by Crippen LogP contribution is 2.12. The molecule has 1 aromatic rings. The van der Waals surface area contributed by atoms with Crippen molar-refractivity contribution in [3.8, 4) is 5.88 Å². The topological polar surface area (TPSA) is 79.7 Å². The molecule has 1 rings (SSSR count). The molecular formula is C13H18N2O4. The Kier molecular flexibility index (Phi) is 5.29. The number of carbonyl (C=O) groups is 2. The van der Waals surface area contributed by atoms with Crippen molar-refractivity contribution in [3.05, 3.63) is 23.9 Å². The summed E-state index contributed by atoms with van der Waals surface area (Å²) in [5.74, 6) is -0.966. The van der Waals surface area contributed by atoms with E-state index in [9.17, 15) is 9.59 Å². The number of hydrogen-bond donors (Lipinski definition) is 1. The first-order chi connectivity index (χ1) is 8.99. The zero-order chi connectivity index (χ0) is 14.4. The molecule has 0 saturated heterocycles. The van der Waals surface area contributed by atoms with Crippen molar-refractivity contribution in [1.82, 2.24) is 9.88 Å². The zero-order valence-corrected chi connectivity index (χ0v) is 11.3. The molecule has 0 spiro atoms. The second-order valence-corrected chi connectivity index (χ2v) is 4.17. The summed E-state index contributed by atoms with van der Waals surface area (Å²) in [6, 6.07) is 3.00. The van der Waals surface area contributed by atoms with Gasteiger partial charge >= 0.3 is 5.97 Å². The summed E-state index contributed by atoms with van der Waals surface area (Å²) < 4.78 is 4.91. The van der Waals surface area contributed by atoms with Crippen LogP contribution in [0.3, 0.4) is 0 Å². The van der Waals surface area contributed by atoms with Gasteiger partial charge in [-0.15, -0.1) is 0 Å². The van der Waals surface area contributed by atoms with Crippen LogP contribution in [0.25, 0.3) is 0 Å². The van der Waals surface area contributed by atoms with E-state index in [0.717, 1.165) is 0 Å². The molecule has 6 nitrogen and oxygen atoms in total. The fraction of sp³-hybridized carbons (Fsp3) is 0.462. The molecule has 0 saturated carbocycles. The number of aliphatic carboxylic acids is 1. The van der Waals surface area contributed by atoms with Crippen LogP contribution < -0.4 is 4.74 Å². The average molecular weight is 266 g/mol. The Morgan fingerprint density at radius 3 is 2.58 bits per heavy atom. The van der Waals surface area contributed by atoms with Crippen LogP contribution in [-0.4, -0.2) is 46.6 Å². The standard InChI is InChI=1S/C13H18N2O4/c1-4-9(2)15(8-12(16)17)13(18)10-5-6-11(19-3)14-7-10/h5-7,9H,4,8H2,1-3H3,(H,16,17). The molecular weight excluding hydrogens is 248 g/mol. The highest BCUT2D eigenvalue weighted by molar-refractivity contribution is 5.95. The van der Waals surface area contributed by atoms with Crippen LogP contribution in [0.2, 0.25) is 0 Å². The van der Waals surface area contributed by atoms with Crippen LogP contribution in [0, 0.1) is 0 Å². The fourth-order valence-corrected chi connectivity index (χ4v) is 1.59. The molecule has 0 aromatic carbocycles. The van der Waals surface area contributed by atoms with Crippen molar-refractivity contribution < 1.29 is 19.4 Å². The minimum atomic E-state index is -1.03. The van der Waals surface area contributed by atoms with E-state index in [1.807, 2.05) is 13.8 Å². The van der Waals surface area contributed by atoms with Crippen LogP contribution in [0.15, 0.2) is 18.3 Å². The van der Waals surface area contributed by atoms with Crippen LogP contribution >= 0.6 is 0 Å². The van der Waals surface area contributed by atoms with Gasteiger partial charge in [-0.25, -0.2) is 4.98 Å². The number of carboxylic acid groups (broad SMARTS) is 1. The summed E-state index contributed by atoms with van der Waals surface area (Å²) in [6.07, 6.45) is 2.07. The second-order valence-electron chi connectivity index (χ2n) is 4.17. The minimum absolute atomic E-state index is 0.147. The molecule has 0 aliphatic rings. The number of pyridine rings is 1. The first-order valence-electron chi connectivity index (χ1n) is 6.02. The lowest BCUT2D eigenvalue weighted by Crippen LogP contribution is -2.41. The van der Waals surface area contributed by atoms with Crippen molar-refractivity contribution in [1.29, 1.82) is 0 Å². The maximum atomic E-state index is 12.3. The van der Waals surface area contributed by atoms with Gasteiger partial charge in [-0.1, -0.05) is 6.92 Å². The third-order valence-electron chi connectivity index (χ3n) is 2.88. The molecule has 1 amide bonds. The SMILES string of the molecule is CCC(C)N(CC(=O)O)C(=O)c1ccc(OC)nc1. The molecule has 1 unspecified atom stereocenters. The van der Waals surface area contributed by atoms with Gasteiger partial charge in [-0.3, -0.25) is 9.59 Å². The summed E-state index contributed by atoms with van der Waals surface area (Å²) in [4.78, 5) is 28.4. The number of rotatable bonds is 6. The van der Waals surface area contributed by atoms with Crippen LogP contribution in [0.4, 0.5) is 0 Å². The summed E-state index contributed by atoms with van der Waals surface area (Å²) in [6.45, 7) is 3.40. The molecule has 0 bridgehead atoms. The smallest absolute Gasteiger partial charge is 0.323 e. The third-order valence-corrected chi connectivity index (χ3v) is 2.88. The highest BCUT2D eigenvalue weighted by Gasteiger charge is 2.23. The summed E-state index contributed by atoms with van der Waals surface area (Å²) in [5, 5.41) is 8.88. The van der Waals surface area contributed by atoms with Gasteiger partial charge in [-0.05, 0) is 19.4 Å². The molecule has 0 aliphatic heterocycles. The van der Waals surface area contributed by atoms with Gasteiger partial charge in [0.05, 0.1) is 12.7 Å². The van der Waals surface area contributed by atoms with E-state index in [1.165, 1.54) is 18.2 Å². The van der Waals surface area contributed by atoms with Gasteiger partial charge in [0.2, 0.25) is 5.88 Å². The normalized spacial score (nSPS) is 11.7. The van der Waals surface area contributed by atoms with Gasteiger partial charge in [0, 0.05) is 18.3 Å². The number of carboxylic acids is 1. The van der Waals surface area contributed by atoms with E-state index in [-0.39, 0.29) is 18.5 Å². The minimum Gasteiger partial charge on any atom is -0.481 e. The first kappa shape index (κ1) is 14.9. The maximum Gasteiger partial charge on any atom is 0.323 e. The quantitative estimate of drug-likeness (QED) is 0.842. The van der Waals surface area contributed by atoms with Gasteiger partial charge in [0.15, 0.2) is 0 Å². The lowest BCUT2D eigenvalue weighted by molar-refractivity contribution is -0.138. The monoisotopic (exact) mass is 266 g/mol. The summed E-state index contributed by atoms with van der Waals surface area (Å²) in [7, 11) is 1.49. The molecule has 1 aromatic heterocycles. The van der Waals surface area contributed by atoms with E-state index < -0.39 is 5.97 Å². The Bertz CT molecular complexity index is 444. The summed E-state index contributed by atoms with van der Waals surface area (Å²) >= 11 is 0. The molecule has 1 atom stereocenters. The molecule has 0 radical (unpaired) electrons. The highest BCUT2D eigenvalue weighted by atomic mass is 16.5. The number of nitrogens with zero attached hydrogens (tertiary/aromatic N) is 2. The van der Waals surface area contributed by atoms with E-state index in [1.54, 1.807) is 12.1 Å². The number of aromatic nitrogens is 1. The molecule has 19 heavy (non-hydrogen) atoms. The second kappa shape index (κ2) is 6.72. The molecule has 0 aliphatic carbocycles. The van der Waals surface area contributed by atoms with Gasteiger partial charge < -0.3 is 14.7 Å². The lowest BCUT2D eigenvalue weighted by Gasteiger charge is -2.26. The molecule has 1 heterocycles. The van der Waals surface area contributed by atoms with Crippen LogP contribution in [0.5, 0.6) is 5.88 Å². The Morgan fingerprint density at radius 2 is 2.16 bits per heavy atom. The van der Waals surface area contributed by atoms with E-state index in [2.05, 4.69) is 4.98 Å². The van der Waals surface area contributed by atoms with E-state index in [0.29, 0.717) is 17.9 Å². The Hall–Kier alpha value is -2.11. The van der Waals surface area contributed by atoms with Crippen molar-refractivity contribution in [2.75, 3.05) is 13.7 Å². The van der Waals surface area contributed by atoms with Crippen molar-refractivity contribution in [2.24, 2.45) is 0 Å². The molecule has 6 heteroatoms. The Balaban J connectivity index is 2.93. The fourth-order valence-electron chi connectivity index (χ4n) is 1.59.